The van der Waals surface area contributed by atoms with Crippen LogP contribution < -0.4 is 10.2 Å². The van der Waals surface area contributed by atoms with Crippen LogP contribution in [0.1, 0.15) is 21.6 Å². The Labute approximate surface area is 146 Å². The first-order chi connectivity index (χ1) is 12.1. The normalized spacial score (nSPS) is 10.3. The van der Waals surface area contributed by atoms with Crippen molar-refractivity contribution in [3.05, 3.63) is 78.0 Å². The second-order valence-corrected chi connectivity index (χ2v) is 5.78. The first-order valence-electron chi connectivity index (χ1n) is 7.92. The van der Waals surface area contributed by atoms with E-state index in [0.717, 1.165) is 22.8 Å². The van der Waals surface area contributed by atoms with E-state index in [2.05, 4.69) is 20.3 Å². The Morgan fingerprint density at radius 2 is 1.84 bits per heavy atom. The Morgan fingerprint density at radius 1 is 1.04 bits per heavy atom. The minimum Gasteiger partial charge on any atom is -0.354 e. The molecule has 0 fully saturated rings. The lowest BCUT2D eigenvalue weighted by molar-refractivity contribution is 0.102. The molecule has 2 heterocycles. The zero-order chi connectivity index (χ0) is 17.6. The van der Waals surface area contributed by atoms with Gasteiger partial charge in [0, 0.05) is 31.3 Å². The smallest absolute Gasteiger partial charge is 0.257 e. The van der Waals surface area contributed by atoms with Gasteiger partial charge in [0.25, 0.3) is 5.91 Å². The van der Waals surface area contributed by atoms with Gasteiger partial charge in [-0.05, 0) is 31.2 Å². The van der Waals surface area contributed by atoms with Gasteiger partial charge in [-0.15, -0.1) is 0 Å². The van der Waals surface area contributed by atoms with Crippen molar-refractivity contribution >= 4 is 17.4 Å². The molecule has 1 N–H and O–H groups in total. The predicted molar refractivity (Wildman–Crippen MR) is 97.5 cm³/mol. The Bertz CT molecular complexity index is 832. The second-order valence-electron chi connectivity index (χ2n) is 5.78. The SMILES string of the molecule is Cc1ccc(NC(=O)c2ccc(N(C)Cc3cnccn3)nc2)cc1. The van der Waals surface area contributed by atoms with Crippen LogP contribution in [-0.4, -0.2) is 27.9 Å². The molecule has 3 rings (SSSR count). The summed E-state index contributed by atoms with van der Waals surface area (Å²) in [5.74, 6) is 0.581. The Morgan fingerprint density at radius 3 is 2.48 bits per heavy atom. The molecule has 0 aliphatic heterocycles. The monoisotopic (exact) mass is 333 g/mol. The van der Waals surface area contributed by atoms with Crippen molar-refractivity contribution in [3.63, 3.8) is 0 Å². The molecule has 0 spiro atoms. The Hall–Kier alpha value is -3.28. The van der Waals surface area contributed by atoms with Crippen LogP contribution in [0.15, 0.2) is 61.2 Å². The fourth-order valence-corrected chi connectivity index (χ4v) is 2.32. The third kappa shape index (κ3) is 4.38. The number of carbonyl (C=O) groups is 1. The van der Waals surface area contributed by atoms with Gasteiger partial charge in [-0.3, -0.25) is 14.8 Å². The highest BCUT2D eigenvalue weighted by Gasteiger charge is 2.09. The molecule has 6 heteroatoms. The average Bonchev–Trinajstić information content (AvgIpc) is 2.64. The van der Waals surface area contributed by atoms with Crippen molar-refractivity contribution in [1.29, 1.82) is 0 Å². The molecule has 0 saturated heterocycles. The minimum atomic E-state index is -0.181. The second kappa shape index (κ2) is 7.53. The van der Waals surface area contributed by atoms with E-state index < -0.39 is 0 Å². The van der Waals surface area contributed by atoms with Crippen LogP contribution in [-0.2, 0) is 6.54 Å². The average molecular weight is 333 g/mol. The topological polar surface area (TPSA) is 71.0 Å². The van der Waals surface area contributed by atoms with Gasteiger partial charge >= 0.3 is 0 Å². The molecule has 25 heavy (non-hydrogen) atoms. The van der Waals surface area contributed by atoms with E-state index in [1.807, 2.05) is 49.2 Å². The van der Waals surface area contributed by atoms with E-state index in [4.69, 9.17) is 0 Å². The standard InChI is InChI=1S/C19H19N5O/c1-14-3-6-16(7-4-14)23-19(25)15-5-8-18(22-11-15)24(2)13-17-12-20-9-10-21-17/h3-12H,13H2,1-2H3,(H,23,25). The summed E-state index contributed by atoms with van der Waals surface area (Å²) in [7, 11) is 1.92. The maximum absolute atomic E-state index is 12.3. The molecule has 2 aromatic heterocycles. The molecule has 0 atom stereocenters. The molecule has 0 unspecified atom stereocenters. The van der Waals surface area contributed by atoms with E-state index >= 15 is 0 Å². The van der Waals surface area contributed by atoms with Crippen molar-refractivity contribution in [2.45, 2.75) is 13.5 Å². The number of anilines is 2. The highest BCUT2D eigenvalue weighted by molar-refractivity contribution is 6.04. The number of aryl methyl sites for hydroxylation is 1. The van der Waals surface area contributed by atoms with E-state index in [9.17, 15) is 4.79 Å². The van der Waals surface area contributed by atoms with Gasteiger partial charge in [0.15, 0.2) is 0 Å². The van der Waals surface area contributed by atoms with Crippen molar-refractivity contribution in [2.24, 2.45) is 0 Å². The first kappa shape index (κ1) is 16.6. The third-order valence-electron chi connectivity index (χ3n) is 3.73. The van der Waals surface area contributed by atoms with Gasteiger partial charge in [-0.25, -0.2) is 4.98 Å². The van der Waals surface area contributed by atoms with E-state index in [1.165, 1.54) is 0 Å². The summed E-state index contributed by atoms with van der Waals surface area (Å²) >= 11 is 0. The fraction of sp³-hybridized carbons (Fsp3) is 0.158. The van der Waals surface area contributed by atoms with Gasteiger partial charge in [0.05, 0.1) is 24.0 Å². The van der Waals surface area contributed by atoms with Crippen LogP contribution in [0, 0.1) is 6.92 Å². The van der Waals surface area contributed by atoms with Crippen molar-refractivity contribution < 1.29 is 4.79 Å². The molecule has 6 nitrogen and oxygen atoms in total. The summed E-state index contributed by atoms with van der Waals surface area (Å²) < 4.78 is 0. The summed E-state index contributed by atoms with van der Waals surface area (Å²) in [4.78, 5) is 26.9. The van der Waals surface area contributed by atoms with Crippen molar-refractivity contribution in [1.82, 2.24) is 15.0 Å². The number of aromatic nitrogens is 3. The van der Waals surface area contributed by atoms with Crippen LogP contribution in [0.25, 0.3) is 0 Å². The highest BCUT2D eigenvalue weighted by atomic mass is 16.1. The van der Waals surface area contributed by atoms with Crippen LogP contribution >= 0.6 is 0 Å². The largest absolute Gasteiger partial charge is 0.354 e. The lowest BCUT2D eigenvalue weighted by atomic mass is 10.2. The number of hydrogen-bond acceptors (Lipinski definition) is 5. The van der Waals surface area contributed by atoms with Gasteiger partial charge in [-0.2, -0.15) is 0 Å². The summed E-state index contributed by atoms with van der Waals surface area (Å²) in [6.45, 7) is 2.60. The Kier molecular flexibility index (Phi) is 4.99. The molecule has 0 saturated carbocycles. The van der Waals surface area contributed by atoms with E-state index in [-0.39, 0.29) is 5.91 Å². The maximum Gasteiger partial charge on any atom is 0.257 e. The van der Waals surface area contributed by atoms with Crippen LogP contribution in [0.4, 0.5) is 11.5 Å². The molecular weight excluding hydrogens is 314 g/mol. The first-order valence-corrected chi connectivity index (χ1v) is 7.92. The molecule has 126 valence electrons. The number of carbonyl (C=O) groups excluding carboxylic acids is 1. The zero-order valence-corrected chi connectivity index (χ0v) is 14.2. The number of amides is 1. The Balaban J connectivity index is 1.65. The van der Waals surface area contributed by atoms with E-state index in [0.29, 0.717) is 12.1 Å². The summed E-state index contributed by atoms with van der Waals surface area (Å²) in [6, 6.07) is 11.3. The number of rotatable bonds is 5. The van der Waals surface area contributed by atoms with Crippen LogP contribution in [0.3, 0.4) is 0 Å². The molecule has 0 aliphatic carbocycles. The lowest BCUT2D eigenvalue weighted by Crippen LogP contribution is -2.19. The molecule has 0 radical (unpaired) electrons. The van der Waals surface area contributed by atoms with Crippen LogP contribution in [0.2, 0.25) is 0 Å². The summed E-state index contributed by atoms with van der Waals surface area (Å²) in [5.41, 5.74) is 3.28. The lowest BCUT2D eigenvalue weighted by Gasteiger charge is -2.17. The molecule has 3 aromatic rings. The maximum atomic E-state index is 12.3. The number of pyridine rings is 1. The minimum absolute atomic E-state index is 0.181. The molecule has 0 bridgehead atoms. The highest BCUT2D eigenvalue weighted by Crippen LogP contribution is 2.14. The summed E-state index contributed by atoms with van der Waals surface area (Å²) in [6.07, 6.45) is 6.60. The number of nitrogens with zero attached hydrogens (tertiary/aromatic N) is 4. The van der Waals surface area contributed by atoms with Gasteiger partial charge in [0.2, 0.25) is 0 Å². The number of benzene rings is 1. The van der Waals surface area contributed by atoms with Crippen LogP contribution in [0.5, 0.6) is 0 Å². The zero-order valence-electron chi connectivity index (χ0n) is 14.2. The number of nitrogens with one attached hydrogen (secondary N) is 1. The predicted octanol–water partition coefficient (Wildman–Crippen LogP) is 3.07. The fourth-order valence-electron chi connectivity index (χ4n) is 2.32. The van der Waals surface area contributed by atoms with Gasteiger partial charge < -0.3 is 10.2 Å². The number of hydrogen-bond donors (Lipinski definition) is 1. The molecule has 0 aliphatic rings. The summed E-state index contributed by atoms with van der Waals surface area (Å²) in [5, 5.41) is 2.86. The molecule has 1 amide bonds. The molecule has 1 aromatic carbocycles. The quantitative estimate of drug-likeness (QED) is 0.777. The molecular formula is C19H19N5O. The van der Waals surface area contributed by atoms with E-state index in [1.54, 1.807) is 30.9 Å². The van der Waals surface area contributed by atoms with Crippen molar-refractivity contribution in [2.75, 3.05) is 17.3 Å². The van der Waals surface area contributed by atoms with Gasteiger partial charge in [-0.1, -0.05) is 17.7 Å². The third-order valence-corrected chi connectivity index (χ3v) is 3.73. The van der Waals surface area contributed by atoms with Crippen molar-refractivity contribution in [3.8, 4) is 0 Å². The van der Waals surface area contributed by atoms with Gasteiger partial charge in [0.1, 0.15) is 5.82 Å².